The van der Waals surface area contributed by atoms with Crippen LogP contribution in [0.25, 0.3) is 11.0 Å². The largest absolute Gasteiger partial charge is 0.481 e. The highest BCUT2D eigenvalue weighted by molar-refractivity contribution is 5.86. The summed E-state index contributed by atoms with van der Waals surface area (Å²) in [6.45, 7) is 6.40. The Balaban J connectivity index is 2.21. The lowest BCUT2D eigenvalue weighted by molar-refractivity contribution is -0.142. The summed E-state index contributed by atoms with van der Waals surface area (Å²) in [7, 11) is 0. The molecule has 2 aromatic rings. The van der Waals surface area contributed by atoms with Crippen LogP contribution in [0.3, 0.4) is 0 Å². The summed E-state index contributed by atoms with van der Waals surface area (Å²) in [4.78, 5) is 34.4. The number of carboxylic acid groups (broad SMARTS) is 1. The molecule has 0 aliphatic carbocycles. The zero-order valence-electron chi connectivity index (χ0n) is 13.9. The SMILES string of the molecule is Cc1c(C)c2ccc(OC(C)C(=O)N[C@H](C)C(=O)O)cc2oc1=O. The van der Waals surface area contributed by atoms with E-state index in [1.165, 1.54) is 19.9 Å². The van der Waals surface area contributed by atoms with Gasteiger partial charge in [-0.15, -0.1) is 0 Å². The van der Waals surface area contributed by atoms with Crippen molar-refractivity contribution in [2.24, 2.45) is 0 Å². The van der Waals surface area contributed by atoms with E-state index in [1.807, 2.05) is 6.92 Å². The summed E-state index contributed by atoms with van der Waals surface area (Å²) in [6, 6.07) is 3.94. The third kappa shape index (κ3) is 3.56. The van der Waals surface area contributed by atoms with Crippen molar-refractivity contribution >= 4 is 22.8 Å². The average Bonchev–Trinajstić information content (AvgIpc) is 2.52. The molecule has 2 rings (SSSR count). The Morgan fingerprint density at radius 3 is 2.50 bits per heavy atom. The van der Waals surface area contributed by atoms with Gasteiger partial charge in [-0.3, -0.25) is 9.59 Å². The van der Waals surface area contributed by atoms with Gasteiger partial charge in [-0.05, 0) is 45.4 Å². The zero-order valence-corrected chi connectivity index (χ0v) is 13.9. The number of rotatable bonds is 5. The van der Waals surface area contributed by atoms with Crippen molar-refractivity contribution in [2.45, 2.75) is 39.8 Å². The fourth-order valence-corrected chi connectivity index (χ4v) is 2.15. The highest BCUT2D eigenvalue weighted by Gasteiger charge is 2.20. The molecular formula is C17H19NO6. The van der Waals surface area contributed by atoms with Gasteiger partial charge >= 0.3 is 11.6 Å². The number of fused-ring (bicyclic) bond motifs is 1. The molecule has 2 atom stereocenters. The molecule has 1 unspecified atom stereocenters. The topological polar surface area (TPSA) is 106 Å². The number of carbonyl (C=O) groups is 2. The number of carbonyl (C=O) groups excluding carboxylic acids is 1. The molecule has 1 aromatic carbocycles. The molecule has 0 fully saturated rings. The number of amides is 1. The molecule has 7 nitrogen and oxygen atoms in total. The number of carboxylic acids is 1. The van der Waals surface area contributed by atoms with Crippen LogP contribution in [0.4, 0.5) is 0 Å². The third-order valence-corrected chi connectivity index (χ3v) is 3.84. The van der Waals surface area contributed by atoms with Crippen LogP contribution in [0.15, 0.2) is 27.4 Å². The maximum absolute atomic E-state index is 11.9. The van der Waals surface area contributed by atoms with Crippen LogP contribution in [0.2, 0.25) is 0 Å². The van der Waals surface area contributed by atoms with Gasteiger partial charge < -0.3 is 19.6 Å². The number of nitrogens with one attached hydrogen (secondary N) is 1. The van der Waals surface area contributed by atoms with Gasteiger partial charge in [0.2, 0.25) is 0 Å². The fraction of sp³-hybridized carbons (Fsp3) is 0.353. The van der Waals surface area contributed by atoms with Gasteiger partial charge in [0.25, 0.3) is 5.91 Å². The highest BCUT2D eigenvalue weighted by atomic mass is 16.5. The maximum Gasteiger partial charge on any atom is 0.339 e. The molecule has 0 spiro atoms. The molecule has 128 valence electrons. The van der Waals surface area contributed by atoms with Crippen LogP contribution in [0, 0.1) is 13.8 Å². The molecular weight excluding hydrogens is 314 g/mol. The molecule has 0 radical (unpaired) electrons. The van der Waals surface area contributed by atoms with Gasteiger partial charge in [0.15, 0.2) is 6.10 Å². The van der Waals surface area contributed by atoms with Crippen molar-refractivity contribution in [1.82, 2.24) is 5.32 Å². The van der Waals surface area contributed by atoms with E-state index in [0.717, 1.165) is 10.9 Å². The van der Waals surface area contributed by atoms with Gasteiger partial charge in [-0.2, -0.15) is 0 Å². The van der Waals surface area contributed by atoms with Gasteiger partial charge in [0.1, 0.15) is 17.4 Å². The molecule has 1 amide bonds. The third-order valence-electron chi connectivity index (χ3n) is 3.84. The standard InChI is InChI=1S/C17H19NO6/c1-8-9(2)17(22)24-14-7-12(5-6-13(8)14)23-11(4)15(19)18-10(3)16(20)21/h5-7,10-11H,1-4H3,(H,18,19)(H,20,21)/t10-,11?/m1/s1. The predicted molar refractivity (Wildman–Crippen MR) is 87.3 cm³/mol. The summed E-state index contributed by atoms with van der Waals surface area (Å²) in [5, 5.41) is 11.9. The van der Waals surface area contributed by atoms with E-state index in [9.17, 15) is 14.4 Å². The number of ether oxygens (including phenoxy) is 1. The first-order valence-corrected chi connectivity index (χ1v) is 7.44. The minimum absolute atomic E-state index is 0.347. The first-order valence-electron chi connectivity index (χ1n) is 7.44. The van der Waals surface area contributed by atoms with E-state index in [2.05, 4.69) is 5.32 Å². The molecule has 0 aliphatic rings. The fourth-order valence-electron chi connectivity index (χ4n) is 2.15. The first-order chi connectivity index (χ1) is 11.2. The number of benzene rings is 1. The number of aryl methyl sites for hydroxylation is 1. The Hall–Kier alpha value is -2.83. The van der Waals surface area contributed by atoms with Gasteiger partial charge in [0.05, 0.1) is 0 Å². The Morgan fingerprint density at radius 2 is 1.88 bits per heavy atom. The zero-order chi connectivity index (χ0) is 18.0. The Labute approximate surface area is 138 Å². The van der Waals surface area contributed by atoms with Crippen molar-refractivity contribution in [3.8, 4) is 5.75 Å². The summed E-state index contributed by atoms with van der Waals surface area (Å²) >= 11 is 0. The summed E-state index contributed by atoms with van der Waals surface area (Å²) < 4.78 is 10.7. The highest BCUT2D eigenvalue weighted by Crippen LogP contribution is 2.24. The van der Waals surface area contributed by atoms with Crippen LogP contribution >= 0.6 is 0 Å². The van der Waals surface area contributed by atoms with E-state index in [1.54, 1.807) is 19.1 Å². The van der Waals surface area contributed by atoms with Crippen LogP contribution in [-0.4, -0.2) is 29.1 Å². The molecule has 0 aliphatic heterocycles. The second-order valence-corrected chi connectivity index (χ2v) is 5.63. The van der Waals surface area contributed by atoms with E-state index in [4.69, 9.17) is 14.3 Å². The second kappa shape index (κ2) is 6.74. The first kappa shape index (κ1) is 17.5. The van der Waals surface area contributed by atoms with Crippen LogP contribution in [-0.2, 0) is 9.59 Å². The van der Waals surface area contributed by atoms with Gasteiger partial charge in [0, 0.05) is 17.0 Å². The number of hydrogen-bond acceptors (Lipinski definition) is 5. The Morgan fingerprint density at radius 1 is 1.21 bits per heavy atom. The molecule has 0 saturated heterocycles. The summed E-state index contributed by atoms with van der Waals surface area (Å²) in [5.41, 5.74) is 1.32. The van der Waals surface area contributed by atoms with Crippen molar-refractivity contribution in [3.05, 3.63) is 39.7 Å². The van der Waals surface area contributed by atoms with Crippen LogP contribution < -0.4 is 15.7 Å². The normalized spacial score (nSPS) is 13.3. The van der Waals surface area contributed by atoms with E-state index < -0.39 is 29.6 Å². The molecule has 0 saturated carbocycles. The lowest BCUT2D eigenvalue weighted by Gasteiger charge is -2.17. The van der Waals surface area contributed by atoms with Crippen molar-refractivity contribution < 1.29 is 23.8 Å². The van der Waals surface area contributed by atoms with E-state index in [0.29, 0.717) is 16.9 Å². The Bertz CT molecular complexity index is 854. The number of hydrogen-bond donors (Lipinski definition) is 2. The minimum Gasteiger partial charge on any atom is -0.481 e. The van der Waals surface area contributed by atoms with Crippen molar-refractivity contribution in [3.63, 3.8) is 0 Å². The molecule has 1 heterocycles. The van der Waals surface area contributed by atoms with Gasteiger partial charge in [-0.1, -0.05) is 0 Å². The number of aliphatic carboxylic acids is 1. The predicted octanol–water partition coefficient (Wildman–Crippen LogP) is 1.77. The molecule has 2 N–H and O–H groups in total. The van der Waals surface area contributed by atoms with Crippen molar-refractivity contribution in [1.29, 1.82) is 0 Å². The summed E-state index contributed by atoms with van der Waals surface area (Å²) in [5.74, 6) is -1.33. The smallest absolute Gasteiger partial charge is 0.339 e. The summed E-state index contributed by atoms with van der Waals surface area (Å²) in [6.07, 6.45) is -0.900. The Kier molecular flexibility index (Phi) is 4.92. The average molecular weight is 333 g/mol. The van der Waals surface area contributed by atoms with Crippen molar-refractivity contribution in [2.75, 3.05) is 0 Å². The molecule has 7 heteroatoms. The minimum atomic E-state index is -1.13. The lowest BCUT2D eigenvalue weighted by atomic mass is 10.1. The quantitative estimate of drug-likeness (QED) is 0.808. The van der Waals surface area contributed by atoms with E-state index in [-0.39, 0.29) is 0 Å². The van der Waals surface area contributed by atoms with Gasteiger partial charge in [-0.25, -0.2) is 4.79 Å². The lowest BCUT2D eigenvalue weighted by Crippen LogP contribution is -2.44. The monoisotopic (exact) mass is 333 g/mol. The molecule has 0 bridgehead atoms. The van der Waals surface area contributed by atoms with Crippen LogP contribution in [0.1, 0.15) is 25.0 Å². The maximum atomic E-state index is 11.9. The second-order valence-electron chi connectivity index (χ2n) is 5.63. The molecule has 1 aromatic heterocycles. The van der Waals surface area contributed by atoms with E-state index >= 15 is 0 Å². The molecule has 24 heavy (non-hydrogen) atoms. The van der Waals surface area contributed by atoms with Crippen LogP contribution in [0.5, 0.6) is 5.75 Å².